The summed E-state index contributed by atoms with van der Waals surface area (Å²) in [5, 5.41) is 13.5. The molecule has 3 aromatic rings. The number of benzene rings is 3. The van der Waals surface area contributed by atoms with Gasteiger partial charge in [0.2, 0.25) is 0 Å². The van der Waals surface area contributed by atoms with E-state index in [1.54, 1.807) is 43.3 Å². The Balaban J connectivity index is 1.89. The molecule has 34 heavy (non-hydrogen) atoms. The molecule has 0 saturated carbocycles. The molecule has 0 atom stereocenters. The Labute approximate surface area is 202 Å². The minimum Gasteiger partial charge on any atom is -0.478 e. The first-order valence-electron chi connectivity index (χ1n) is 10.1. The van der Waals surface area contributed by atoms with Crippen molar-refractivity contribution >= 4 is 45.4 Å². The van der Waals surface area contributed by atoms with Crippen LogP contribution in [0.15, 0.2) is 76.7 Å². The Bertz CT molecular complexity index is 1360. The zero-order valence-corrected chi connectivity index (χ0v) is 20.0. The number of nitrogens with one attached hydrogen (secondary N) is 1. The first-order chi connectivity index (χ1) is 16.1. The van der Waals surface area contributed by atoms with Crippen molar-refractivity contribution in [2.45, 2.75) is 18.7 Å². The molecule has 8 nitrogen and oxygen atoms in total. The average Bonchev–Trinajstić information content (AvgIpc) is 2.78. The van der Waals surface area contributed by atoms with E-state index in [1.807, 2.05) is 6.92 Å². The van der Waals surface area contributed by atoms with Crippen molar-refractivity contribution < 1.29 is 23.1 Å². The van der Waals surface area contributed by atoms with Gasteiger partial charge in [-0.2, -0.15) is 5.10 Å². The van der Waals surface area contributed by atoms with Gasteiger partial charge in [-0.3, -0.25) is 9.10 Å². The molecular formula is C24H22ClN3O5S. The van der Waals surface area contributed by atoms with Crippen LogP contribution in [0.4, 0.5) is 5.69 Å². The highest BCUT2D eigenvalue weighted by Gasteiger charge is 2.28. The summed E-state index contributed by atoms with van der Waals surface area (Å²) in [4.78, 5) is 24.0. The highest BCUT2D eigenvalue weighted by Crippen LogP contribution is 2.29. The summed E-state index contributed by atoms with van der Waals surface area (Å²) in [6.07, 6.45) is 1.19. The van der Waals surface area contributed by atoms with E-state index < -0.39 is 28.4 Å². The molecule has 0 aromatic heterocycles. The number of sulfonamides is 1. The lowest BCUT2D eigenvalue weighted by molar-refractivity contribution is -0.119. The van der Waals surface area contributed by atoms with Crippen LogP contribution in [0.25, 0.3) is 0 Å². The van der Waals surface area contributed by atoms with E-state index in [2.05, 4.69) is 10.5 Å². The molecule has 3 rings (SSSR count). The number of carboxylic acid groups (broad SMARTS) is 1. The number of hydrogen-bond donors (Lipinski definition) is 2. The predicted octanol–water partition coefficient (Wildman–Crippen LogP) is 4.00. The van der Waals surface area contributed by atoms with Gasteiger partial charge in [0.05, 0.1) is 22.4 Å². The van der Waals surface area contributed by atoms with E-state index in [9.17, 15) is 23.1 Å². The Morgan fingerprint density at radius 1 is 1.06 bits per heavy atom. The van der Waals surface area contributed by atoms with Crippen LogP contribution in [0.1, 0.15) is 27.0 Å². The second-order valence-electron chi connectivity index (χ2n) is 7.44. The topological polar surface area (TPSA) is 116 Å². The third-order valence-corrected chi connectivity index (χ3v) is 6.92. The molecule has 0 saturated heterocycles. The minimum atomic E-state index is -4.10. The van der Waals surface area contributed by atoms with E-state index in [-0.39, 0.29) is 16.0 Å². The van der Waals surface area contributed by atoms with Crippen molar-refractivity contribution in [3.05, 3.63) is 94.0 Å². The van der Waals surface area contributed by atoms with Gasteiger partial charge < -0.3 is 5.11 Å². The second kappa shape index (κ2) is 10.5. The maximum absolute atomic E-state index is 13.4. The van der Waals surface area contributed by atoms with E-state index in [1.165, 1.54) is 36.5 Å². The molecule has 0 aliphatic carbocycles. The Morgan fingerprint density at radius 2 is 1.74 bits per heavy atom. The molecule has 0 radical (unpaired) electrons. The molecule has 0 unspecified atom stereocenters. The number of rotatable bonds is 8. The van der Waals surface area contributed by atoms with Crippen LogP contribution in [0, 0.1) is 13.8 Å². The zero-order valence-electron chi connectivity index (χ0n) is 18.4. The van der Waals surface area contributed by atoms with Crippen LogP contribution >= 0.6 is 11.6 Å². The number of anilines is 1. The fraction of sp³-hybridized carbons (Fsp3) is 0.125. The molecule has 1 amide bonds. The number of nitrogens with zero attached hydrogens (tertiary/aromatic N) is 2. The van der Waals surface area contributed by atoms with Crippen molar-refractivity contribution in [3.63, 3.8) is 0 Å². The summed E-state index contributed by atoms with van der Waals surface area (Å²) in [5.74, 6) is -1.85. The van der Waals surface area contributed by atoms with E-state index in [4.69, 9.17) is 11.6 Å². The second-order valence-corrected chi connectivity index (χ2v) is 9.74. The maximum Gasteiger partial charge on any atom is 0.336 e. The van der Waals surface area contributed by atoms with Crippen LogP contribution < -0.4 is 9.73 Å². The van der Waals surface area contributed by atoms with Crippen LogP contribution in [-0.4, -0.2) is 38.2 Å². The summed E-state index contributed by atoms with van der Waals surface area (Å²) >= 11 is 6.03. The summed E-state index contributed by atoms with van der Waals surface area (Å²) in [7, 11) is -4.10. The van der Waals surface area contributed by atoms with Crippen LogP contribution in [0.5, 0.6) is 0 Å². The Hall–Kier alpha value is -3.69. The zero-order chi connectivity index (χ0) is 24.9. The lowest BCUT2D eigenvalue weighted by Crippen LogP contribution is -2.40. The standard InChI is InChI=1S/C24H22ClN3O5S/c1-16-7-10-20(11-8-16)34(32,33)28(22-12-9-19(25)13-17(22)2)15-23(29)27-26-14-18-5-3-4-6-21(18)24(30)31/h3-14H,15H2,1-2H3,(H,27,29)(H,30,31)/b26-14+. The van der Waals surface area contributed by atoms with Crippen molar-refractivity contribution in [2.24, 2.45) is 5.10 Å². The quantitative estimate of drug-likeness (QED) is 0.359. The van der Waals surface area contributed by atoms with Gasteiger partial charge in [-0.25, -0.2) is 18.6 Å². The van der Waals surface area contributed by atoms with Gasteiger partial charge in [-0.05, 0) is 55.8 Å². The number of amides is 1. The maximum atomic E-state index is 13.4. The molecule has 176 valence electrons. The largest absolute Gasteiger partial charge is 0.478 e. The van der Waals surface area contributed by atoms with Crippen molar-refractivity contribution in [2.75, 3.05) is 10.8 Å². The molecule has 0 aliphatic heterocycles. The summed E-state index contributed by atoms with van der Waals surface area (Å²) in [6.45, 7) is 2.97. The van der Waals surface area contributed by atoms with Crippen LogP contribution in [-0.2, 0) is 14.8 Å². The number of halogens is 1. The average molecular weight is 500 g/mol. The summed E-state index contributed by atoms with van der Waals surface area (Å²) in [6, 6.07) is 17.1. The van der Waals surface area contributed by atoms with Gasteiger partial charge in [0.15, 0.2) is 0 Å². The first kappa shape index (κ1) is 24.9. The number of aromatic carboxylic acids is 1. The van der Waals surface area contributed by atoms with Crippen LogP contribution in [0.3, 0.4) is 0 Å². The Morgan fingerprint density at radius 3 is 2.38 bits per heavy atom. The summed E-state index contributed by atoms with van der Waals surface area (Å²) < 4.78 is 27.9. The van der Waals surface area contributed by atoms with Gasteiger partial charge in [-0.15, -0.1) is 0 Å². The van der Waals surface area contributed by atoms with Gasteiger partial charge in [0.25, 0.3) is 15.9 Å². The van der Waals surface area contributed by atoms with Gasteiger partial charge in [0, 0.05) is 10.6 Å². The lowest BCUT2D eigenvalue weighted by Gasteiger charge is -2.25. The number of aryl methyl sites for hydroxylation is 2. The molecule has 2 N–H and O–H groups in total. The fourth-order valence-corrected chi connectivity index (χ4v) is 4.89. The van der Waals surface area contributed by atoms with Crippen molar-refractivity contribution in [1.29, 1.82) is 0 Å². The van der Waals surface area contributed by atoms with Gasteiger partial charge in [0.1, 0.15) is 6.54 Å². The van der Waals surface area contributed by atoms with E-state index >= 15 is 0 Å². The van der Waals surface area contributed by atoms with Crippen molar-refractivity contribution in [1.82, 2.24) is 5.43 Å². The molecule has 3 aromatic carbocycles. The lowest BCUT2D eigenvalue weighted by atomic mass is 10.1. The number of carbonyl (C=O) groups excluding carboxylic acids is 1. The third-order valence-electron chi connectivity index (χ3n) is 4.91. The highest BCUT2D eigenvalue weighted by molar-refractivity contribution is 7.92. The number of hydrazone groups is 1. The van der Waals surface area contributed by atoms with Gasteiger partial charge >= 0.3 is 5.97 Å². The fourth-order valence-electron chi connectivity index (χ4n) is 3.18. The number of carboxylic acids is 1. The predicted molar refractivity (Wildman–Crippen MR) is 131 cm³/mol. The molecule has 0 fully saturated rings. The van der Waals surface area contributed by atoms with Gasteiger partial charge in [-0.1, -0.05) is 47.5 Å². The molecular weight excluding hydrogens is 478 g/mol. The first-order valence-corrected chi connectivity index (χ1v) is 11.9. The third kappa shape index (κ3) is 5.81. The molecule has 0 bridgehead atoms. The summed E-state index contributed by atoms with van der Waals surface area (Å²) in [5.41, 5.74) is 4.31. The number of carbonyl (C=O) groups is 2. The molecule has 10 heteroatoms. The molecule has 0 heterocycles. The smallest absolute Gasteiger partial charge is 0.336 e. The normalized spacial score (nSPS) is 11.4. The number of hydrogen-bond acceptors (Lipinski definition) is 5. The van der Waals surface area contributed by atoms with E-state index in [0.717, 1.165) is 9.87 Å². The Kier molecular flexibility index (Phi) is 7.70. The highest BCUT2D eigenvalue weighted by atomic mass is 35.5. The van der Waals surface area contributed by atoms with E-state index in [0.29, 0.717) is 16.3 Å². The minimum absolute atomic E-state index is 0.0147. The molecule has 0 spiro atoms. The molecule has 0 aliphatic rings. The monoisotopic (exact) mass is 499 g/mol. The van der Waals surface area contributed by atoms with Crippen molar-refractivity contribution in [3.8, 4) is 0 Å². The SMILES string of the molecule is Cc1ccc(S(=O)(=O)N(CC(=O)N/N=C/c2ccccc2C(=O)O)c2ccc(Cl)cc2C)cc1. The van der Waals surface area contributed by atoms with Crippen LogP contribution in [0.2, 0.25) is 5.02 Å².